The quantitative estimate of drug-likeness (QED) is 0.852. The maximum atomic E-state index is 11.9. The van der Waals surface area contributed by atoms with Crippen LogP contribution in [0.25, 0.3) is 0 Å². The van der Waals surface area contributed by atoms with E-state index in [0.29, 0.717) is 19.4 Å². The van der Waals surface area contributed by atoms with E-state index in [1.54, 1.807) is 17.5 Å². The van der Waals surface area contributed by atoms with Gasteiger partial charge in [-0.15, -0.1) is 11.3 Å². The highest BCUT2D eigenvalue weighted by atomic mass is 32.2. The minimum Gasteiger partial charge on any atom is -0.250 e. The minimum absolute atomic E-state index is 0.124. The maximum Gasteiger partial charge on any atom is 0.211 e. The summed E-state index contributed by atoms with van der Waals surface area (Å²) in [6.07, 6.45) is 3.03. The summed E-state index contributed by atoms with van der Waals surface area (Å²) in [5.74, 6) is 0.124. The molecule has 0 amide bonds. The van der Waals surface area contributed by atoms with E-state index in [1.807, 2.05) is 37.3 Å². The molecule has 1 aromatic carbocycles. The number of sulfonamides is 1. The molecule has 108 valence electrons. The molecule has 0 spiro atoms. The molecule has 4 nitrogen and oxygen atoms in total. The molecule has 0 atom stereocenters. The van der Waals surface area contributed by atoms with Crippen LogP contribution in [0.3, 0.4) is 0 Å². The number of hydrogen-bond acceptors (Lipinski definition) is 4. The van der Waals surface area contributed by atoms with Crippen molar-refractivity contribution in [3.05, 3.63) is 52.0 Å². The number of nitrogens with zero attached hydrogens (tertiary/aromatic N) is 1. The second kappa shape index (κ2) is 6.97. The van der Waals surface area contributed by atoms with Crippen LogP contribution in [0.5, 0.6) is 0 Å². The number of hydrogen-bond donors (Lipinski definition) is 1. The van der Waals surface area contributed by atoms with Crippen LogP contribution in [0.4, 0.5) is 0 Å². The molecular weight excluding hydrogens is 292 g/mol. The van der Waals surface area contributed by atoms with Crippen LogP contribution < -0.4 is 4.72 Å². The van der Waals surface area contributed by atoms with Crippen molar-refractivity contribution in [1.29, 1.82) is 0 Å². The third-order valence-electron chi connectivity index (χ3n) is 2.86. The van der Waals surface area contributed by atoms with Gasteiger partial charge in [0.05, 0.1) is 10.8 Å². The highest BCUT2D eigenvalue weighted by Crippen LogP contribution is 2.11. The summed E-state index contributed by atoms with van der Waals surface area (Å²) in [5.41, 5.74) is 1.04. The van der Waals surface area contributed by atoms with E-state index in [-0.39, 0.29) is 5.75 Å². The summed E-state index contributed by atoms with van der Waals surface area (Å²) in [6.45, 7) is 2.37. The van der Waals surface area contributed by atoms with Crippen LogP contribution in [0.2, 0.25) is 0 Å². The molecule has 0 bridgehead atoms. The lowest BCUT2D eigenvalue weighted by molar-refractivity contribution is 0.581. The molecule has 0 saturated heterocycles. The Bertz CT molecular complexity index is 636. The van der Waals surface area contributed by atoms with Gasteiger partial charge < -0.3 is 0 Å². The number of aromatic nitrogens is 1. The molecule has 0 aliphatic carbocycles. The molecule has 0 unspecified atom stereocenters. The molecule has 2 aromatic rings. The van der Waals surface area contributed by atoms with Crippen LogP contribution >= 0.6 is 11.3 Å². The van der Waals surface area contributed by atoms with Gasteiger partial charge in [0, 0.05) is 17.6 Å². The summed E-state index contributed by atoms with van der Waals surface area (Å²) < 4.78 is 26.4. The first-order chi connectivity index (χ1) is 9.55. The fraction of sp³-hybridized carbons (Fsp3) is 0.357. The largest absolute Gasteiger partial charge is 0.250 e. The first-order valence-corrected chi connectivity index (χ1v) is 8.94. The molecule has 1 heterocycles. The lowest BCUT2D eigenvalue weighted by Gasteiger charge is -2.06. The van der Waals surface area contributed by atoms with E-state index in [4.69, 9.17) is 0 Å². The third kappa shape index (κ3) is 5.03. The van der Waals surface area contributed by atoms with Gasteiger partial charge in [-0.2, -0.15) is 0 Å². The van der Waals surface area contributed by atoms with Crippen molar-refractivity contribution in [2.24, 2.45) is 0 Å². The number of aryl methyl sites for hydroxylation is 2. The molecule has 1 N–H and O–H groups in total. The van der Waals surface area contributed by atoms with Crippen molar-refractivity contribution in [2.75, 3.05) is 12.3 Å². The normalized spacial score (nSPS) is 11.7. The number of thiazole rings is 1. The molecule has 0 radical (unpaired) electrons. The van der Waals surface area contributed by atoms with E-state index in [2.05, 4.69) is 9.71 Å². The fourth-order valence-corrected chi connectivity index (χ4v) is 3.68. The zero-order chi connectivity index (χ0) is 14.4. The highest BCUT2D eigenvalue weighted by molar-refractivity contribution is 7.89. The average molecular weight is 310 g/mol. The van der Waals surface area contributed by atoms with Gasteiger partial charge in [0.1, 0.15) is 0 Å². The highest BCUT2D eigenvalue weighted by Gasteiger charge is 2.10. The van der Waals surface area contributed by atoms with Crippen molar-refractivity contribution in [3.8, 4) is 0 Å². The van der Waals surface area contributed by atoms with Gasteiger partial charge in [-0.25, -0.2) is 18.1 Å². The Labute approximate surface area is 123 Å². The van der Waals surface area contributed by atoms with Crippen LogP contribution in [-0.4, -0.2) is 25.7 Å². The third-order valence-corrected chi connectivity index (χ3v) is 5.22. The van der Waals surface area contributed by atoms with E-state index in [9.17, 15) is 8.42 Å². The summed E-state index contributed by atoms with van der Waals surface area (Å²) in [5, 5.41) is 1.01. The van der Waals surface area contributed by atoms with E-state index in [1.165, 1.54) is 0 Å². The van der Waals surface area contributed by atoms with Crippen molar-refractivity contribution >= 4 is 21.4 Å². The fourth-order valence-electron chi connectivity index (χ4n) is 1.82. The second-order valence-corrected chi connectivity index (χ2v) is 7.79. The zero-order valence-electron chi connectivity index (χ0n) is 11.4. The zero-order valence-corrected chi connectivity index (χ0v) is 13.0. The molecular formula is C14H18N2O2S2. The average Bonchev–Trinajstić information content (AvgIpc) is 2.83. The van der Waals surface area contributed by atoms with Gasteiger partial charge in [0.15, 0.2) is 0 Å². The SMILES string of the molecule is Cc1ncc(CCNS(=O)(=O)CCc2ccccc2)s1. The lowest BCUT2D eigenvalue weighted by atomic mass is 10.2. The molecule has 0 aliphatic rings. The Hall–Kier alpha value is -1.24. The molecule has 0 aliphatic heterocycles. The van der Waals surface area contributed by atoms with Gasteiger partial charge >= 0.3 is 0 Å². The Morgan fingerprint density at radius 1 is 1.20 bits per heavy atom. The van der Waals surface area contributed by atoms with Gasteiger partial charge in [0.2, 0.25) is 10.0 Å². The van der Waals surface area contributed by atoms with E-state index in [0.717, 1.165) is 15.4 Å². The van der Waals surface area contributed by atoms with Gasteiger partial charge in [-0.05, 0) is 25.3 Å². The van der Waals surface area contributed by atoms with Crippen molar-refractivity contribution in [3.63, 3.8) is 0 Å². The maximum absolute atomic E-state index is 11.9. The molecule has 1 aromatic heterocycles. The Kier molecular flexibility index (Phi) is 5.28. The molecule has 20 heavy (non-hydrogen) atoms. The molecule has 0 saturated carbocycles. The topological polar surface area (TPSA) is 59.1 Å². The first kappa shape index (κ1) is 15.2. The van der Waals surface area contributed by atoms with Crippen molar-refractivity contribution in [2.45, 2.75) is 19.8 Å². The van der Waals surface area contributed by atoms with Gasteiger partial charge in [-0.3, -0.25) is 0 Å². The monoisotopic (exact) mass is 310 g/mol. The summed E-state index contributed by atoms with van der Waals surface area (Å²) in [4.78, 5) is 5.25. The summed E-state index contributed by atoms with van der Waals surface area (Å²) >= 11 is 1.60. The number of benzene rings is 1. The van der Waals surface area contributed by atoms with Crippen molar-refractivity contribution in [1.82, 2.24) is 9.71 Å². The molecule has 6 heteroatoms. The first-order valence-electron chi connectivity index (χ1n) is 6.48. The minimum atomic E-state index is -3.21. The molecule has 2 rings (SSSR count). The second-order valence-electron chi connectivity index (χ2n) is 4.54. The number of rotatable bonds is 7. The molecule has 0 fully saturated rings. The lowest BCUT2D eigenvalue weighted by Crippen LogP contribution is -2.29. The van der Waals surface area contributed by atoms with Crippen LogP contribution in [0, 0.1) is 6.92 Å². The van der Waals surface area contributed by atoms with Gasteiger partial charge in [-0.1, -0.05) is 30.3 Å². The van der Waals surface area contributed by atoms with Crippen LogP contribution in [-0.2, 0) is 22.9 Å². The Balaban J connectivity index is 1.76. The standard InChI is InChI=1S/C14H18N2O2S2/c1-12-15-11-14(19-12)7-9-16-20(17,18)10-8-13-5-3-2-4-6-13/h2-6,11,16H,7-10H2,1H3. The smallest absolute Gasteiger partial charge is 0.211 e. The summed E-state index contributed by atoms with van der Waals surface area (Å²) in [7, 11) is -3.21. The Morgan fingerprint density at radius 2 is 1.95 bits per heavy atom. The number of nitrogens with one attached hydrogen (secondary N) is 1. The van der Waals surface area contributed by atoms with E-state index < -0.39 is 10.0 Å². The predicted molar refractivity (Wildman–Crippen MR) is 82.5 cm³/mol. The van der Waals surface area contributed by atoms with Crippen LogP contribution in [0.15, 0.2) is 36.5 Å². The predicted octanol–water partition coefficient (Wildman–Crippen LogP) is 2.16. The van der Waals surface area contributed by atoms with Crippen molar-refractivity contribution < 1.29 is 8.42 Å². The van der Waals surface area contributed by atoms with Crippen LogP contribution in [0.1, 0.15) is 15.4 Å². The Morgan fingerprint density at radius 3 is 2.60 bits per heavy atom. The van der Waals surface area contributed by atoms with E-state index >= 15 is 0 Å². The van der Waals surface area contributed by atoms with Gasteiger partial charge in [0.25, 0.3) is 0 Å². The summed E-state index contributed by atoms with van der Waals surface area (Å²) in [6, 6.07) is 9.64.